The summed E-state index contributed by atoms with van der Waals surface area (Å²) < 4.78 is 7.55. The third-order valence-corrected chi connectivity index (χ3v) is 4.68. The second-order valence-electron chi connectivity index (χ2n) is 6.34. The van der Waals surface area contributed by atoms with Gasteiger partial charge in [-0.05, 0) is 43.2 Å². The Hall–Kier alpha value is -2.89. The molecule has 2 aromatic carbocycles. The van der Waals surface area contributed by atoms with Crippen LogP contribution in [0, 0.1) is 0 Å². The molecule has 1 aromatic heterocycles. The highest BCUT2D eigenvalue weighted by Crippen LogP contribution is 2.23. The summed E-state index contributed by atoms with van der Waals surface area (Å²) in [7, 11) is 1.83. The first-order chi connectivity index (χ1) is 12.2. The molecule has 25 heavy (non-hydrogen) atoms. The SMILES string of the molecule is Cn1nnc2ccc(C(=O)N3CCC[C@H]3COc3ccccc3)cc21. The fourth-order valence-corrected chi connectivity index (χ4v) is 3.31. The highest BCUT2D eigenvalue weighted by molar-refractivity contribution is 5.97. The van der Waals surface area contributed by atoms with E-state index in [0.29, 0.717) is 12.2 Å². The standard InChI is InChI=1S/C19H20N4O2/c1-22-18-12-14(9-10-17(18)20-21-22)19(24)23-11-5-6-15(23)13-25-16-7-3-2-4-8-16/h2-4,7-10,12,15H,5-6,11,13H2,1H3/t15-/m0/s1. The predicted octanol–water partition coefficient (Wildman–Crippen LogP) is 2.65. The third kappa shape index (κ3) is 3.07. The number of hydrogen-bond donors (Lipinski definition) is 0. The number of rotatable bonds is 4. The number of aromatic nitrogens is 3. The van der Waals surface area contributed by atoms with Gasteiger partial charge in [-0.3, -0.25) is 4.79 Å². The Morgan fingerprint density at radius 2 is 2.08 bits per heavy atom. The van der Waals surface area contributed by atoms with Crippen molar-refractivity contribution < 1.29 is 9.53 Å². The van der Waals surface area contributed by atoms with Gasteiger partial charge in [0, 0.05) is 19.2 Å². The lowest BCUT2D eigenvalue weighted by Crippen LogP contribution is -2.39. The van der Waals surface area contributed by atoms with Crippen molar-refractivity contribution in [3.05, 3.63) is 54.1 Å². The van der Waals surface area contributed by atoms with E-state index in [0.717, 1.165) is 36.2 Å². The van der Waals surface area contributed by atoms with Gasteiger partial charge in [-0.1, -0.05) is 23.4 Å². The summed E-state index contributed by atoms with van der Waals surface area (Å²) in [5.74, 6) is 0.881. The summed E-state index contributed by atoms with van der Waals surface area (Å²) in [4.78, 5) is 14.9. The molecule has 1 amide bonds. The Morgan fingerprint density at radius 3 is 2.92 bits per heavy atom. The molecule has 0 saturated carbocycles. The van der Waals surface area contributed by atoms with Gasteiger partial charge in [-0.2, -0.15) is 0 Å². The first-order valence-electron chi connectivity index (χ1n) is 8.50. The molecular formula is C19H20N4O2. The largest absolute Gasteiger partial charge is 0.491 e. The van der Waals surface area contributed by atoms with Gasteiger partial charge in [0.2, 0.25) is 0 Å². The average Bonchev–Trinajstić information content (AvgIpc) is 3.27. The van der Waals surface area contributed by atoms with E-state index in [-0.39, 0.29) is 11.9 Å². The second-order valence-corrected chi connectivity index (χ2v) is 6.34. The quantitative estimate of drug-likeness (QED) is 0.735. The van der Waals surface area contributed by atoms with E-state index in [1.807, 2.05) is 60.5 Å². The van der Waals surface area contributed by atoms with E-state index < -0.39 is 0 Å². The van der Waals surface area contributed by atoms with Gasteiger partial charge in [-0.15, -0.1) is 5.10 Å². The average molecular weight is 336 g/mol. The van der Waals surface area contributed by atoms with Crippen LogP contribution in [0.15, 0.2) is 48.5 Å². The van der Waals surface area contributed by atoms with E-state index in [1.165, 1.54) is 0 Å². The van der Waals surface area contributed by atoms with Crippen molar-refractivity contribution in [1.82, 2.24) is 19.9 Å². The van der Waals surface area contributed by atoms with Crippen LogP contribution < -0.4 is 4.74 Å². The fourth-order valence-electron chi connectivity index (χ4n) is 3.31. The van der Waals surface area contributed by atoms with Crippen LogP contribution in [0.1, 0.15) is 23.2 Å². The highest BCUT2D eigenvalue weighted by atomic mass is 16.5. The van der Waals surface area contributed by atoms with Gasteiger partial charge >= 0.3 is 0 Å². The van der Waals surface area contributed by atoms with E-state index >= 15 is 0 Å². The summed E-state index contributed by atoms with van der Waals surface area (Å²) in [6.45, 7) is 1.29. The summed E-state index contributed by atoms with van der Waals surface area (Å²) in [5, 5.41) is 8.06. The van der Waals surface area contributed by atoms with Crippen LogP contribution in [0.2, 0.25) is 0 Å². The van der Waals surface area contributed by atoms with Crippen LogP contribution >= 0.6 is 0 Å². The lowest BCUT2D eigenvalue weighted by Gasteiger charge is -2.25. The zero-order chi connectivity index (χ0) is 17.2. The molecule has 0 radical (unpaired) electrons. The number of benzene rings is 2. The zero-order valence-corrected chi connectivity index (χ0v) is 14.1. The number of para-hydroxylation sites is 1. The molecule has 2 heterocycles. The van der Waals surface area contributed by atoms with Crippen molar-refractivity contribution in [3.63, 3.8) is 0 Å². The first-order valence-corrected chi connectivity index (χ1v) is 8.50. The van der Waals surface area contributed by atoms with Crippen molar-refractivity contribution in [2.45, 2.75) is 18.9 Å². The Labute approximate surface area is 146 Å². The Kier molecular flexibility index (Phi) is 4.09. The van der Waals surface area contributed by atoms with Crippen LogP contribution in [-0.2, 0) is 7.05 Å². The Balaban J connectivity index is 1.50. The number of amides is 1. The maximum absolute atomic E-state index is 13.0. The van der Waals surface area contributed by atoms with Gasteiger partial charge in [0.15, 0.2) is 0 Å². The van der Waals surface area contributed by atoms with E-state index in [2.05, 4.69) is 10.3 Å². The topological polar surface area (TPSA) is 60.2 Å². The summed E-state index contributed by atoms with van der Waals surface area (Å²) in [5.41, 5.74) is 2.33. The fraction of sp³-hybridized carbons (Fsp3) is 0.316. The molecule has 0 aliphatic carbocycles. The number of carbonyl (C=O) groups excluding carboxylic acids is 1. The van der Waals surface area contributed by atoms with Crippen molar-refractivity contribution in [2.24, 2.45) is 7.05 Å². The van der Waals surface area contributed by atoms with E-state index in [9.17, 15) is 4.79 Å². The summed E-state index contributed by atoms with van der Waals surface area (Å²) in [6.07, 6.45) is 1.97. The smallest absolute Gasteiger partial charge is 0.254 e. The molecule has 0 unspecified atom stereocenters. The molecule has 6 nitrogen and oxygen atoms in total. The molecule has 0 N–H and O–H groups in total. The predicted molar refractivity (Wildman–Crippen MR) is 94.5 cm³/mol. The summed E-state index contributed by atoms with van der Waals surface area (Å²) in [6, 6.07) is 15.4. The van der Waals surface area contributed by atoms with Gasteiger partial charge in [-0.25, -0.2) is 4.68 Å². The number of carbonyl (C=O) groups is 1. The normalized spacial score (nSPS) is 17.2. The lowest BCUT2D eigenvalue weighted by atomic mass is 10.1. The summed E-state index contributed by atoms with van der Waals surface area (Å²) >= 11 is 0. The van der Waals surface area contributed by atoms with Crippen LogP contribution in [0.5, 0.6) is 5.75 Å². The minimum Gasteiger partial charge on any atom is -0.491 e. The van der Waals surface area contributed by atoms with Gasteiger partial charge < -0.3 is 9.64 Å². The zero-order valence-electron chi connectivity index (χ0n) is 14.1. The van der Waals surface area contributed by atoms with Crippen LogP contribution in [-0.4, -0.2) is 45.0 Å². The molecule has 128 valence electrons. The minimum absolute atomic E-state index is 0.0438. The van der Waals surface area contributed by atoms with Gasteiger partial charge in [0.25, 0.3) is 5.91 Å². The Bertz CT molecular complexity index is 891. The molecule has 1 fully saturated rings. The van der Waals surface area contributed by atoms with Crippen molar-refractivity contribution in [2.75, 3.05) is 13.2 Å². The first kappa shape index (κ1) is 15.6. The van der Waals surface area contributed by atoms with Crippen LogP contribution in [0.3, 0.4) is 0 Å². The molecule has 4 rings (SSSR count). The highest BCUT2D eigenvalue weighted by Gasteiger charge is 2.30. The molecule has 6 heteroatoms. The van der Waals surface area contributed by atoms with Crippen LogP contribution in [0.4, 0.5) is 0 Å². The Morgan fingerprint density at radius 1 is 1.24 bits per heavy atom. The van der Waals surface area contributed by atoms with Crippen molar-refractivity contribution in [3.8, 4) is 5.75 Å². The number of hydrogen-bond acceptors (Lipinski definition) is 4. The third-order valence-electron chi connectivity index (χ3n) is 4.68. The molecule has 1 atom stereocenters. The van der Waals surface area contributed by atoms with Crippen molar-refractivity contribution in [1.29, 1.82) is 0 Å². The number of nitrogens with zero attached hydrogens (tertiary/aromatic N) is 4. The van der Waals surface area contributed by atoms with Gasteiger partial charge in [0.1, 0.15) is 17.9 Å². The number of fused-ring (bicyclic) bond motifs is 1. The van der Waals surface area contributed by atoms with Crippen molar-refractivity contribution >= 4 is 16.9 Å². The molecule has 1 saturated heterocycles. The molecular weight excluding hydrogens is 316 g/mol. The molecule has 0 spiro atoms. The monoisotopic (exact) mass is 336 g/mol. The molecule has 0 bridgehead atoms. The number of ether oxygens (including phenoxy) is 1. The molecule has 3 aromatic rings. The second kappa shape index (κ2) is 6.55. The van der Waals surface area contributed by atoms with Gasteiger partial charge in [0.05, 0.1) is 11.6 Å². The molecule has 1 aliphatic rings. The van der Waals surface area contributed by atoms with Crippen LogP contribution in [0.25, 0.3) is 11.0 Å². The minimum atomic E-state index is 0.0438. The maximum atomic E-state index is 13.0. The number of aryl methyl sites for hydroxylation is 1. The van der Waals surface area contributed by atoms with E-state index in [4.69, 9.17) is 4.74 Å². The van der Waals surface area contributed by atoms with E-state index in [1.54, 1.807) is 4.68 Å². The maximum Gasteiger partial charge on any atom is 0.254 e. The lowest BCUT2D eigenvalue weighted by molar-refractivity contribution is 0.0691. The molecule has 1 aliphatic heterocycles. The number of likely N-dealkylation sites (tertiary alicyclic amines) is 1.